The van der Waals surface area contributed by atoms with Gasteiger partial charge >= 0.3 is 6.18 Å². The van der Waals surface area contributed by atoms with E-state index in [0.29, 0.717) is 17.4 Å². The lowest BCUT2D eigenvalue weighted by Crippen LogP contribution is -2.18. The number of halogens is 3. The first-order valence-corrected chi connectivity index (χ1v) is 7.58. The number of benzene rings is 2. The van der Waals surface area contributed by atoms with Crippen LogP contribution in [0.3, 0.4) is 0 Å². The molecule has 144 valence electrons. The second kappa shape index (κ2) is 8.22. The van der Waals surface area contributed by atoms with E-state index in [2.05, 4.69) is 0 Å². The lowest BCUT2D eigenvalue weighted by Gasteiger charge is -2.13. The number of alkyl halides is 3. The van der Waals surface area contributed by atoms with Crippen LogP contribution >= 0.6 is 0 Å². The molecule has 0 saturated heterocycles. The third kappa shape index (κ3) is 4.85. The smallest absolute Gasteiger partial charge is 0.418 e. The minimum Gasteiger partial charge on any atom is -0.497 e. The molecule has 0 bridgehead atoms. The molecule has 2 aromatic rings. The van der Waals surface area contributed by atoms with E-state index in [1.807, 2.05) is 5.32 Å². The molecule has 0 radical (unpaired) electrons. The fraction of sp³-hybridized carbons (Fsp3) is 0.111. The molecular formula is C18H12F3N3O4. The van der Waals surface area contributed by atoms with Gasteiger partial charge in [0.25, 0.3) is 11.6 Å². The number of rotatable bonds is 5. The zero-order chi connectivity index (χ0) is 20.9. The van der Waals surface area contributed by atoms with Crippen LogP contribution in [0, 0.1) is 21.4 Å². The number of hydrogen-bond donors (Lipinski definition) is 1. The van der Waals surface area contributed by atoms with Crippen LogP contribution in [0.15, 0.2) is 48.0 Å². The lowest BCUT2D eigenvalue weighted by atomic mass is 10.1. The van der Waals surface area contributed by atoms with Gasteiger partial charge in [0.2, 0.25) is 0 Å². The summed E-state index contributed by atoms with van der Waals surface area (Å²) in [5.41, 5.74) is -2.86. The van der Waals surface area contributed by atoms with Gasteiger partial charge < -0.3 is 10.1 Å². The van der Waals surface area contributed by atoms with E-state index in [-0.39, 0.29) is 0 Å². The molecule has 2 aromatic carbocycles. The van der Waals surface area contributed by atoms with Crippen LogP contribution in [0.4, 0.5) is 24.5 Å². The minimum atomic E-state index is -4.94. The molecule has 0 saturated carbocycles. The Bertz CT molecular complexity index is 977. The Labute approximate surface area is 156 Å². The highest BCUT2D eigenvalue weighted by Crippen LogP contribution is 2.37. The summed E-state index contributed by atoms with van der Waals surface area (Å²) in [6.07, 6.45) is -3.76. The predicted molar refractivity (Wildman–Crippen MR) is 93.3 cm³/mol. The van der Waals surface area contributed by atoms with Crippen LogP contribution in [0.5, 0.6) is 5.75 Å². The summed E-state index contributed by atoms with van der Waals surface area (Å²) in [6, 6.07) is 9.78. The number of nitro benzene ring substituents is 1. The molecule has 28 heavy (non-hydrogen) atoms. The Morgan fingerprint density at radius 1 is 1.25 bits per heavy atom. The van der Waals surface area contributed by atoms with Gasteiger partial charge in [0, 0.05) is 12.1 Å². The third-order valence-electron chi connectivity index (χ3n) is 3.56. The van der Waals surface area contributed by atoms with Gasteiger partial charge in [-0.05, 0) is 29.8 Å². The molecule has 0 unspecified atom stereocenters. The number of methoxy groups -OCH3 is 1. The molecule has 0 fully saturated rings. The van der Waals surface area contributed by atoms with E-state index in [1.165, 1.54) is 13.2 Å². The molecule has 0 spiro atoms. The molecular weight excluding hydrogens is 379 g/mol. The summed E-state index contributed by atoms with van der Waals surface area (Å²) in [5, 5.41) is 21.9. The lowest BCUT2D eigenvalue weighted by molar-refractivity contribution is -0.385. The van der Waals surface area contributed by atoms with Crippen molar-refractivity contribution in [2.75, 3.05) is 12.4 Å². The molecule has 0 heterocycles. The van der Waals surface area contributed by atoms with Crippen molar-refractivity contribution in [2.24, 2.45) is 0 Å². The number of amides is 1. The molecule has 10 heteroatoms. The molecule has 1 N–H and O–H groups in total. The first kappa shape index (κ1) is 20.4. The van der Waals surface area contributed by atoms with Crippen molar-refractivity contribution in [2.45, 2.75) is 6.18 Å². The number of non-ortho nitro benzene ring substituents is 1. The zero-order valence-electron chi connectivity index (χ0n) is 14.3. The molecule has 0 aliphatic heterocycles. The molecule has 0 aliphatic carbocycles. The third-order valence-corrected chi connectivity index (χ3v) is 3.56. The fourth-order valence-electron chi connectivity index (χ4n) is 2.19. The largest absolute Gasteiger partial charge is 0.497 e. The summed E-state index contributed by atoms with van der Waals surface area (Å²) in [6.45, 7) is 0. The summed E-state index contributed by atoms with van der Waals surface area (Å²) in [5.74, 6) is -0.543. The van der Waals surface area contributed by atoms with Crippen LogP contribution in [-0.2, 0) is 11.0 Å². The molecule has 7 nitrogen and oxygen atoms in total. The maximum absolute atomic E-state index is 13.2. The first-order chi connectivity index (χ1) is 13.2. The van der Waals surface area contributed by atoms with Crippen LogP contribution in [0.1, 0.15) is 11.1 Å². The number of nitrogens with one attached hydrogen (secondary N) is 1. The highest BCUT2D eigenvalue weighted by atomic mass is 19.4. The molecule has 0 aliphatic rings. The highest BCUT2D eigenvalue weighted by molar-refractivity contribution is 6.10. The summed E-state index contributed by atoms with van der Waals surface area (Å²) < 4.78 is 44.5. The van der Waals surface area contributed by atoms with E-state index in [9.17, 15) is 28.1 Å². The SMILES string of the molecule is COc1ccc(/C=C(\C#N)C(=O)Nc2ccc([N+](=O)[O-])cc2C(F)(F)F)cc1. The van der Waals surface area contributed by atoms with Gasteiger partial charge in [0.1, 0.15) is 17.4 Å². The summed E-state index contributed by atoms with van der Waals surface area (Å²) >= 11 is 0. The number of carbonyl (C=O) groups excluding carboxylic acids is 1. The van der Waals surface area contributed by atoms with E-state index >= 15 is 0 Å². The molecule has 2 rings (SSSR count). The Kier molecular flexibility index (Phi) is 6.00. The normalized spacial score (nSPS) is 11.5. The second-order valence-electron chi connectivity index (χ2n) is 5.38. The summed E-state index contributed by atoms with van der Waals surface area (Å²) in [7, 11) is 1.46. The average Bonchev–Trinajstić information content (AvgIpc) is 2.65. The number of hydrogen-bond acceptors (Lipinski definition) is 5. The standard InChI is InChI=1S/C18H12F3N3O4/c1-28-14-5-2-11(3-6-14)8-12(10-22)17(25)23-16-7-4-13(24(26)27)9-15(16)18(19,20)21/h2-9H,1H3,(H,23,25)/b12-8+. The number of anilines is 1. The Morgan fingerprint density at radius 2 is 1.89 bits per heavy atom. The van der Waals surface area contributed by atoms with Gasteiger partial charge in [0.05, 0.1) is 23.3 Å². The highest BCUT2D eigenvalue weighted by Gasteiger charge is 2.35. The van der Waals surface area contributed by atoms with Gasteiger partial charge in [-0.1, -0.05) is 12.1 Å². The Balaban J connectivity index is 2.35. The van der Waals surface area contributed by atoms with Gasteiger partial charge in [-0.15, -0.1) is 0 Å². The van der Waals surface area contributed by atoms with Crippen LogP contribution in [0.25, 0.3) is 6.08 Å². The Hall–Kier alpha value is -3.87. The van der Waals surface area contributed by atoms with Crippen molar-refractivity contribution in [1.82, 2.24) is 0 Å². The molecule has 0 aromatic heterocycles. The van der Waals surface area contributed by atoms with E-state index < -0.39 is 39.5 Å². The monoisotopic (exact) mass is 391 g/mol. The number of nitro groups is 1. The van der Waals surface area contributed by atoms with Crippen LogP contribution < -0.4 is 10.1 Å². The van der Waals surface area contributed by atoms with Crippen molar-refractivity contribution in [3.05, 3.63) is 69.3 Å². The van der Waals surface area contributed by atoms with E-state index in [4.69, 9.17) is 10.00 Å². The number of nitriles is 1. The first-order valence-electron chi connectivity index (χ1n) is 7.58. The van der Waals surface area contributed by atoms with Crippen LogP contribution in [0.2, 0.25) is 0 Å². The fourth-order valence-corrected chi connectivity index (χ4v) is 2.19. The number of nitrogens with zero attached hydrogens (tertiary/aromatic N) is 2. The number of carbonyl (C=O) groups is 1. The second-order valence-corrected chi connectivity index (χ2v) is 5.38. The summed E-state index contributed by atoms with van der Waals surface area (Å²) in [4.78, 5) is 22.0. The van der Waals surface area contributed by atoms with E-state index in [1.54, 1.807) is 30.3 Å². The van der Waals surface area contributed by atoms with Crippen molar-refractivity contribution >= 4 is 23.4 Å². The van der Waals surface area contributed by atoms with Crippen molar-refractivity contribution in [3.8, 4) is 11.8 Å². The predicted octanol–water partition coefficient (Wildman–Crippen LogP) is 4.17. The molecule has 0 atom stereocenters. The maximum atomic E-state index is 13.2. The average molecular weight is 391 g/mol. The maximum Gasteiger partial charge on any atom is 0.418 e. The topological polar surface area (TPSA) is 105 Å². The van der Waals surface area contributed by atoms with Crippen molar-refractivity contribution in [1.29, 1.82) is 5.26 Å². The molecule has 1 amide bonds. The Morgan fingerprint density at radius 3 is 2.39 bits per heavy atom. The van der Waals surface area contributed by atoms with E-state index in [0.717, 1.165) is 12.1 Å². The van der Waals surface area contributed by atoms with Gasteiger partial charge in [0.15, 0.2) is 0 Å². The number of ether oxygens (including phenoxy) is 1. The minimum absolute atomic E-state index is 0.314. The zero-order valence-corrected chi connectivity index (χ0v) is 14.3. The van der Waals surface area contributed by atoms with Gasteiger partial charge in [-0.3, -0.25) is 14.9 Å². The van der Waals surface area contributed by atoms with Crippen LogP contribution in [-0.4, -0.2) is 17.9 Å². The van der Waals surface area contributed by atoms with Crippen molar-refractivity contribution in [3.63, 3.8) is 0 Å². The van der Waals surface area contributed by atoms with Crippen molar-refractivity contribution < 1.29 is 27.6 Å². The van der Waals surface area contributed by atoms with Gasteiger partial charge in [-0.25, -0.2) is 0 Å². The quantitative estimate of drug-likeness (QED) is 0.356. The van der Waals surface area contributed by atoms with Gasteiger partial charge in [-0.2, -0.15) is 18.4 Å².